The number of nitrogens with zero attached hydrogens (tertiary/aromatic N) is 3. The number of rotatable bonds is 4. The van der Waals surface area contributed by atoms with Gasteiger partial charge in [0.1, 0.15) is 5.82 Å². The van der Waals surface area contributed by atoms with Crippen molar-refractivity contribution in [3.05, 3.63) is 29.6 Å². The van der Waals surface area contributed by atoms with Crippen molar-refractivity contribution >= 4 is 11.8 Å². The molecule has 6 nitrogen and oxygen atoms in total. The molecule has 6 heteroatoms. The number of nitrogens with one attached hydrogen (secondary N) is 1. The minimum atomic E-state index is 0.167. The van der Waals surface area contributed by atoms with Crippen molar-refractivity contribution in [3.63, 3.8) is 0 Å². The molecule has 0 aromatic carbocycles. The number of nitrogens with two attached hydrogens (primary N) is 1. The largest absolute Gasteiger partial charge is 0.437 e. The van der Waals surface area contributed by atoms with Gasteiger partial charge in [-0.15, -0.1) is 0 Å². The van der Waals surface area contributed by atoms with Gasteiger partial charge in [0.05, 0.1) is 5.69 Å². The van der Waals surface area contributed by atoms with Crippen molar-refractivity contribution in [2.45, 2.75) is 20.3 Å². The fourth-order valence-corrected chi connectivity index (χ4v) is 1.68. The highest BCUT2D eigenvalue weighted by atomic mass is 16.5. The van der Waals surface area contributed by atoms with E-state index in [0.717, 1.165) is 17.8 Å². The molecule has 0 spiro atoms. The summed E-state index contributed by atoms with van der Waals surface area (Å²) in [7, 11) is 1.76. The fourth-order valence-electron chi connectivity index (χ4n) is 1.68. The van der Waals surface area contributed by atoms with Crippen molar-refractivity contribution in [3.8, 4) is 11.6 Å². The highest BCUT2D eigenvalue weighted by Crippen LogP contribution is 2.25. The molecule has 0 unspecified atom stereocenters. The first-order valence-corrected chi connectivity index (χ1v) is 6.09. The summed E-state index contributed by atoms with van der Waals surface area (Å²) in [4.78, 5) is 12.5. The number of aryl methyl sites for hydroxylation is 2. The van der Waals surface area contributed by atoms with Crippen molar-refractivity contribution < 1.29 is 4.74 Å². The van der Waals surface area contributed by atoms with E-state index in [2.05, 4.69) is 20.3 Å². The van der Waals surface area contributed by atoms with Gasteiger partial charge < -0.3 is 15.8 Å². The fraction of sp³-hybridized carbons (Fsp3) is 0.308. The average molecular weight is 259 g/mol. The van der Waals surface area contributed by atoms with Gasteiger partial charge in [0.15, 0.2) is 5.75 Å². The van der Waals surface area contributed by atoms with E-state index < -0.39 is 0 Å². The molecule has 0 atom stereocenters. The minimum absolute atomic E-state index is 0.167. The molecule has 100 valence electrons. The lowest BCUT2D eigenvalue weighted by atomic mass is 10.2. The number of anilines is 2. The number of hydrogen-bond acceptors (Lipinski definition) is 6. The maximum absolute atomic E-state index is 5.75. The first-order valence-electron chi connectivity index (χ1n) is 6.09. The maximum atomic E-state index is 5.75. The molecule has 2 aromatic heterocycles. The van der Waals surface area contributed by atoms with Gasteiger partial charge in [-0.1, -0.05) is 6.92 Å². The Balaban J connectivity index is 2.33. The highest BCUT2D eigenvalue weighted by molar-refractivity contribution is 5.44. The van der Waals surface area contributed by atoms with Crippen LogP contribution in [0.25, 0.3) is 0 Å². The van der Waals surface area contributed by atoms with Gasteiger partial charge in [0.2, 0.25) is 11.8 Å². The van der Waals surface area contributed by atoms with E-state index >= 15 is 0 Å². The Hall–Kier alpha value is -2.37. The lowest BCUT2D eigenvalue weighted by molar-refractivity contribution is 0.454. The normalized spacial score (nSPS) is 10.3. The van der Waals surface area contributed by atoms with E-state index in [0.29, 0.717) is 17.4 Å². The molecule has 0 aliphatic heterocycles. The lowest BCUT2D eigenvalue weighted by Crippen LogP contribution is -2.02. The Kier molecular flexibility index (Phi) is 3.79. The molecule has 2 aromatic rings. The van der Waals surface area contributed by atoms with Gasteiger partial charge in [0, 0.05) is 18.8 Å². The topological polar surface area (TPSA) is 86.0 Å². The second-order valence-electron chi connectivity index (χ2n) is 4.05. The number of pyridine rings is 1. The summed E-state index contributed by atoms with van der Waals surface area (Å²) in [5.74, 6) is 1.87. The van der Waals surface area contributed by atoms with Crippen LogP contribution in [-0.4, -0.2) is 22.0 Å². The van der Waals surface area contributed by atoms with E-state index in [-0.39, 0.29) is 5.95 Å². The van der Waals surface area contributed by atoms with Crippen LogP contribution in [0.15, 0.2) is 18.2 Å². The van der Waals surface area contributed by atoms with Gasteiger partial charge in [-0.2, -0.15) is 9.97 Å². The molecule has 0 bridgehead atoms. The summed E-state index contributed by atoms with van der Waals surface area (Å²) in [5, 5.41) is 2.90. The van der Waals surface area contributed by atoms with E-state index in [9.17, 15) is 0 Å². The number of ether oxygens (including phenoxy) is 1. The molecule has 2 rings (SSSR count). The average Bonchev–Trinajstić information content (AvgIpc) is 2.40. The standard InChI is InChI=1S/C13H17N5O/c1-4-9-10(6-5-8(2)16-9)19-12-7-11(15-3)17-13(14)18-12/h5-7H,4H2,1-3H3,(H3,14,15,17,18). The molecule has 0 saturated carbocycles. The SMILES string of the molecule is CCc1nc(C)ccc1Oc1cc(NC)nc(N)n1. The summed E-state index contributed by atoms with van der Waals surface area (Å²) in [6, 6.07) is 5.48. The van der Waals surface area contributed by atoms with Crippen LogP contribution in [0.2, 0.25) is 0 Å². The molecule has 0 aliphatic rings. The molecular weight excluding hydrogens is 242 g/mol. The smallest absolute Gasteiger partial charge is 0.226 e. The first-order chi connectivity index (χ1) is 9.12. The van der Waals surface area contributed by atoms with Crippen LogP contribution in [0, 0.1) is 6.92 Å². The van der Waals surface area contributed by atoms with Gasteiger partial charge in [-0.05, 0) is 25.5 Å². The van der Waals surface area contributed by atoms with Crippen LogP contribution in [-0.2, 0) is 6.42 Å². The molecular formula is C13H17N5O. The summed E-state index contributed by atoms with van der Waals surface area (Å²) in [5.41, 5.74) is 7.48. The van der Waals surface area contributed by atoms with E-state index in [1.807, 2.05) is 26.0 Å². The summed E-state index contributed by atoms with van der Waals surface area (Å²) >= 11 is 0. The number of hydrogen-bond donors (Lipinski definition) is 2. The molecule has 0 aliphatic carbocycles. The number of nitrogen functional groups attached to an aromatic ring is 1. The van der Waals surface area contributed by atoms with Gasteiger partial charge >= 0.3 is 0 Å². The number of aromatic nitrogens is 3. The molecule has 2 heterocycles. The van der Waals surface area contributed by atoms with Crippen molar-refractivity contribution in [2.75, 3.05) is 18.1 Å². The Labute approximate surface area is 112 Å². The first kappa shape index (κ1) is 13.1. The van der Waals surface area contributed by atoms with Crippen molar-refractivity contribution in [1.29, 1.82) is 0 Å². The third-order valence-electron chi connectivity index (χ3n) is 2.60. The maximum Gasteiger partial charge on any atom is 0.226 e. The third kappa shape index (κ3) is 3.09. The molecule has 3 N–H and O–H groups in total. The zero-order chi connectivity index (χ0) is 13.8. The van der Waals surface area contributed by atoms with Crippen LogP contribution in [0.1, 0.15) is 18.3 Å². The highest BCUT2D eigenvalue weighted by Gasteiger charge is 2.08. The Morgan fingerprint density at radius 1 is 1.26 bits per heavy atom. The lowest BCUT2D eigenvalue weighted by Gasteiger charge is -2.10. The summed E-state index contributed by atoms with van der Waals surface area (Å²) in [6.07, 6.45) is 0.788. The van der Waals surface area contributed by atoms with E-state index in [4.69, 9.17) is 10.5 Å². The summed E-state index contributed by atoms with van der Waals surface area (Å²) in [6.45, 7) is 3.98. The minimum Gasteiger partial charge on any atom is -0.437 e. The Bertz CT molecular complexity index is 585. The quantitative estimate of drug-likeness (QED) is 0.875. The van der Waals surface area contributed by atoms with Crippen molar-refractivity contribution in [1.82, 2.24) is 15.0 Å². The predicted molar refractivity (Wildman–Crippen MR) is 74.4 cm³/mol. The van der Waals surface area contributed by atoms with Crippen LogP contribution in [0.5, 0.6) is 11.6 Å². The van der Waals surface area contributed by atoms with Crippen molar-refractivity contribution in [2.24, 2.45) is 0 Å². The third-order valence-corrected chi connectivity index (χ3v) is 2.60. The van der Waals surface area contributed by atoms with E-state index in [1.54, 1.807) is 13.1 Å². The Morgan fingerprint density at radius 3 is 2.74 bits per heavy atom. The van der Waals surface area contributed by atoms with Crippen LogP contribution < -0.4 is 15.8 Å². The second-order valence-corrected chi connectivity index (χ2v) is 4.05. The van der Waals surface area contributed by atoms with Gasteiger partial charge in [-0.25, -0.2) is 0 Å². The zero-order valence-electron chi connectivity index (χ0n) is 11.3. The van der Waals surface area contributed by atoms with Crippen LogP contribution >= 0.6 is 0 Å². The molecule has 0 amide bonds. The summed E-state index contributed by atoms with van der Waals surface area (Å²) < 4.78 is 5.75. The monoisotopic (exact) mass is 259 g/mol. The van der Waals surface area contributed by atoms with Crippen LogP contribution in [0.4, 0.5) is 11.8 Å². The zero-order valence-corrected chi connectivity index (χ0v) is 11.3. The molecule has 19 heavy (non-hydrogen) atoms. The van der Waals surface area contributed by atoms with E-state index in [1.165, 1.54) is 0 Å². The van der Waals surface area contributed by atoms with Crippen LogP contribution in [0.3, 0.4) is 0 Å². The molecule has 0 fully saturated rings. The molecule has 0 radical (unpaired) electrons. The van der Waals surface area contributed by atoms with Gasteiger partial charge in [-0.3, -0.25) is 4.98 Å². The molecule has 0 saturated heterocycles. The Morgan fingerprint density at radius 2 is 2.05 bits per heavy atom. The van der Waals surface area contributed by atoms with Gasteiger partial charge in [0.25, 0.3) is 0 Å². The second kappa shape index (κ2) is 5.51. The predicted octanol–water partition coefficient (Wildman–Crippen LogP) is 2.16.